The summed E-state index contributed by atoms with van der Waals surface area (Å²) in [6.07, 6.45) is 4.91. The Hall–Kier alpha value is -2.86. The van der Waals surface area contributed by atoms with Crippen molar-refractivity contribution in [1.29, 1.82) is 0 Å². The number of thiocarbonyl (C=S) groups is 1. The number of pyridine rings is 1. The molecule has 144 valence electrons. The van der Waals surface area contributed by atoms with E-state index >= 15 is 0 Å². The van der Waals surface area contributed by atoms with Crippen LogP contribution in [0.1, 0.15) is 46.8 Å². The molecule has 1 heterocycles. The molecule has 0 saturated heterocycles. The fourth-order valence-electron chi connectivity index (χ4n) is 3.03. The first-order valence-corrected chi connectivity index (χ1v) is 9.52. The number of hydrogen-bond donors (Lipinski definition) is 1. The molecule has 0 atom stereocenters. The zero-order chi connectivity index (χ0) is 20.1. The van der Waals surface area contributed by atoms with Crippen molar-refractivity contribution in [1.82, 2.24) is 4.98 Å². The second-order valence-electron chi connectivity index (χ2n) is 6.57. The molecule has 4 nitrogen and oxygen atoms in total. The Labute approximate surface area is 168 Å². The van der Waals surface area contributed by atoms with Crippen LogP contribution in [0.2, 0.25) is 0 Å². The summed E-state index contributed by atoms with van der Waals surface area (Å²) in [6.45, 7) is 2.57. The molecule has 0 spiro atoms. The van der Waals surface area contributed by atoms with Crippen molar-refractivity contribution in [3.63, 3.8) is 0 Å². The van der Waals surface area contributed by atoms with E-state index < -0.39 is 0 Å². The number of fused-ring (bicyclic) bond motifs is 1. The van der Waals surface area contributed by atoms with Crippen LogP contribution in [0.3, 0.4) is 0 Å². The van der Waals surface area contributed by atoms with Gasteiger partial charge in [0.1, 0.15) is 16.3 Å². The molecule has 3 rings (SSSR count). The van der Waals surface area contributed by atoms with Gasteiger partial charge in [-0.1, -0.05) is 37.7 Å². The molecule has 28 heavy (non-hydrogen) atoms. The first kappa shape index (κ1) is 19.9. The van der Waals surface area contributed by atoms with E-state index in [0.717, 1.165) is 35.6 Å². The third kappa shape index (κ3) is 4.34. The van der Waals surface area contributed by atoms with Gasteiger partial charge in [0.15, 0.2) is 12.0 Å². The van der Waals surface area contributed by atoms with Gasteiger partial charge in [-0.2, -0.15) is 0 Å². The second-order valence-corrected chi connectivity index (χ2v) is 7.01. The number of nitrogens with two attached hydrogens (primary N) is 1. The van der Waals surface area contributed by atoms with Gasteiger partial charge in [-0.3, -0.25) is 9.78 Å². The molecule has 1 aromatic heterocycles. The lowest BCUT2D eigenvalue weighted by molar-refractivity contribution is 0.111. The number of hydrogen-bond acceptors (Lipinski definition) is 4. The topological polar surface area (TPSA) is 65.2 Å². The number of nitrogens with zero attached hydrogens (tertiary/aromatic N) is 1. The van der Waals surface area contributed by atoms with Gasteiger partial charge in [-0.15, -0.1) is 0 Å². The van der Waals surface area contributed by atoms with E-state index in [9.17, 15) is 9.18 Å². The molecule has 0 fully saturated rings. The van der Waals surface area contributed by atoms with Crippen molar-refractivity contribution in [3.05, 3.63) is 70.7 Å². The fraction of sp³-hybridized carbons (Fsp3) is 0.227. The summed E-state index contributed by atoms with van der Waals surface area (Å²) in [5.74, 6) is 0.179. The number of carbonyl (C=O) groups excluding carboxylic acids is 1. The largest absolute Gasteiger partial charge is 0.491 e. The van der Waals surface area contributed by atoms with Crippen LogP contribution in [0.25, 0.3) is 10.9 Å². The minimum Gasteiger partial charge on any atom is -0.491 e. The van der Waals surface area contributed by atoms with Crippen molar-refractivity contribution in [3.8, 4) is 5.75 Å². The average molecular weight is 396 g/mol. The Balaban J connectivity index is 2.09. The SMILES string of the molecule is CCCCOc1c(C=O)cc(C(N)=S)c2cc(Cc3ccc(F)cc3)cnc12. The van der Waals surface area contributed by atoms with Gasteiger partial charge < -0.3 is 10.5 Å². The molecule has 2 aromatic carbocycles. The predicted molar refractivity (Wildman–Crippen MR) is 113 cm³/mol. The highest BCUT2D eigenvalue weighted by atomic mass is 32.1. The van der Waals surface area contributed by atoms with Gasteiger partial charge >= 0.3 is 0 Å². The molecule has 0 unspecified atom stereocenters. The Morgan fingerprint density at radius 2 is 2.00 bits per heavy atom. The van der Waals surface area contributed by atoms with Crippen LogP contribution >= 0.6 is 12.2 Å². The Morgan fingerprint density at radius 1 is 1.25 bits per heavy atom. The minimum atomic E-state index is -0.272. The fourth-order valence-corrected chi connectivity index (χ4v) is 3.19. The van der Waals surface area contributed by atoms with E-state index in [0.29, 0.717) is 35.4 Å². The summed E-state index contributed by atoms with van der Waals surface area (Å²) in [7, 11) is 0. The lowest BCUT2D eigenvalue weighted by Gasteiger charge is -2.15. The molecule has 0 amide bonds. The number of aldehydes is 1. The third-order valence-corrected chi connectivity index (χ3v) is 4.69. The standard InChI is InChI=1S/C22H21FN2O2S/c1-2-3-8-27-21-16(13-26)11-19(22(24)28)18-10-15(12-25-20(18)21)9-14-4-6-17(23)7-5-14/h4-7,10-13H,2-3,8-9H2,1H3,(H2,24,28). The summed E-state index contributed by atoms with van der Waals surface area (Å²) in [5.41, 5.74) is 9.31. The lowest BCUT2D eigenvalue weighted by atomic mass is 9.99. The maximum Gasteiger partial charge on any atom is 0.156 e. The first-order valence-electron chi connectivity index (χ1n) is 9.11. The summed E-state index contributed by atoms with van der Waals surface area (Å²) < 4.78 is 19.0. The molecule has 0 saturated carbocycles. The monoisotopic (exact) mass is 396 g/mol. The highest BCUT2D eigenvalue weighted by molar-refractivity contribution is 7.80. The van der Waals surface area contributed by atoms with E-state index in [1.807, 2.05) is 6.07 Å². The first-order chi connectivity index (χ1) is 13.5. The zero-order valence-corrected chi connectivity index (χ0v) is 16.4. The van der Waals surface area contributed by atoms with Crippen LogP contribution in [0.5, 0.6) is 5.75 Å². The second kappa shape index (κ2) is 8.89. The van der Waals surface area contributed by atoms with Crippen molar-refractivity contribution < 1.29 is 13.9 Å². The number of unbranched alkanes of at least 4 members (excludes halogenated alkanes) is 1. The van der Waals surface area contributed by atoms with Gasteiger partial charge in [0.05, 0.1) is 12.2 Å². The van der Waals surface area contributed by atoms with Crippen molar-refractivity contribution in [2.75, 3.05) is 6.61 Å². The van der Waals surface area contributed by atoms with Crippen LogP contribution in [-0.2, 0) is 6.42 Å². The number of halogens is 1. The van der Waals surface area contributed by atoms with E-state index in [-0.39, 0.29) is 10.8 Å². The highest BCUT2D eigenvalue weighted by Crippen LogP contribution is 2.32. The van der Waals surface area contributed by atoms with Gasteiger partial charge in [0, 0.05) is 17.1 Å². The molecule has 0 bridgehead atoms. The van der Waals surface area contributed by atoms with Crippen molar-refractivity contribution in [2.24, 2.45) is 5.73 Å². The molecular weight excluding hydrogens is 375 g/mol. The molecule has 0 radical (unpaired) electrons. The van der Waals surface area contributed by atoms with Crippen molar-refractivity contribution in [2.45, 2.75) is 26.2 Å². The van der Waals surface area contributed by atoms with Gasteiger partial charge in [0.25, 0.3) is 0 Å². The van der Waals surface area contributed by atoms with E-state index in [1.54, 1.807) is 24.4 Å². The molecule has 2 N–H and O–H groups in total. The van der Waals surface area contributed by atoms with Crippen LogP contribution in [0.15, 0.2) is 42.6 Å². The van der Waals surface area contributed by atoms with E-state index in [4.69, 9.17) is 22.7 Å². The minimum absolute atomic E-state index is 0.189. The summed E-state index contributed by atoms with van der Waals surface area (Å²) in [6, 6.07) is 9.94. The maximum atomic E-state index is 13.1. The number of ether oxygens (including phenoxy) is 1. The van der Waals surface area contributed by atoms with E-state index in [1.165, 1.54) is 12.1 Å². The zero-order valence-electron chi connectivity index (χ0n) is 15.6. The Bertz CT molecular complexity index is 1020. The van der Waals surface area contributed by atoms with Crippen LogP contribution < -0.4 is 10.5 Å². The quantitative estimate of drug-likeness (QED) is 0.343. The smallest absolute Gasteiger partial charge is 0.156 e. The molecule has 0 aliphatic carbocycles. The molecule has 0 aliphatic rings. The lowest BCUT2D eigenvalue weighted by Crippen LogP contribution is -2.12. The van der Waals surface area contributed by atoms with E-state index in [2.05, 4.69) is 11.9 Å². The van der Waals surface area contributed by atoms with Crippen LogP contribution in [0.4, 0.5) is 4.39 Å². The van der Waals surface area contributed by atoms with Crippen LogP contribution in [0, 0.1) is 5.82 Å². The predicted octanol–water partition coefficient (Wildman–Crippen LogP) is 4.59. The van der Waals surface area contributed by atoms with Crippen molar-refractivity contribution >= 4 is 34.4 Å². The molecule has 3 aromatic rings. The Morgan fingerprint density at radius 3 is 2.64 bits per heavy atom. The molecule has 6 heteroatoms. The summed E-state index contributed by atoms with van der Waals surface area (Å²) >= 11 is 5.19. The maximum absolute atomic E-state index is 13.1. The van der Waals surface area contributed by atoms with Crippen LogP contribution in [-0.4, -0.2) is 22.9 Å². The average Bonchev–Trinajstić information content (AvgIpc) is 2.69. The van der Waals surface area contributed by atoms with Gasteiger partial charge in [0.2, 0.25) is 0 Å². The van der Waals surface area contributed by atoms with Gasteiger partial charge in [-0.05, 0) is 48.2 Å². The highest BCUT2D eigenvalue weighted by Gasteiger charge is 2.16. The summed E-state index contributed by atoms with van der Waals surface area (Å²) in [5, 5.41) is 0.740. The number of aromatic nitrogens is 1. The normalized spacial score (nSPS) is 10.8. The molecule has 0 aliphatic heterocycles. The van der Waals surface area contributed by atoms with Gasteiger partial charge in [-0.25, -0.2) is 4.39 Å². The molecular formula is C22H21FN2O2S. The number of rotatable bonds is 8. The Kier molecular flexibility index (Phi) is 6.31. The number of carbonyl (C=O) groups is 1. The number of benzene rings is 2. The summed E-state index contributed by atoms with van der Waals surface area (Å²) in [4.78, 5) is 16.3. The third-order valence-electron chi connectivity index (χ3n) is 4.47.